The van der Waals surface area contributed by atoms with Crippen molar-refractivity contribution in [2.24, 2.45) is 10.2 Å². The molecule has 0 atom stereocenters. The van der Waals surface area contributed by atoms with Crippen molar-refractivity contribution in [3.63, 3.8) is 0 Å². The topological polar surface area (TPSA) is 41.8 Å². The van der Waals surface area contributed by atoms with Crippen LogP contribution in [-0.2, 0) is 4.79 Å². The maximum absolute atomic E-state index is 11.8. The average Bonchev–Trinajstić information content (AvgIpc) is 2.88. The summed E-state index contributed by atoms with van der Waals surface area (Å²) >= 11 is 0. The summed E-state index contributed by atoms with van der Waals surface area (Å²) in [6.45, 7) is 0. The summed E-state index contributed by atoms with van der Waals surface area (Å²) in [5.74, 6) is -0.359. The Balaban J connectivity index is 2.10. The second kappa shape index (κ2) is 4.98. The highest BCUT2D eigenvalue weighted by molar-refractivity contribution is 5.97. The Morgan fingerprint density at radius 1 is 0.789 bits per heavy atom. The summed E-state index contributed by atoms with van der Waals surface area (Å²) in [4.78, 5) is 11.8. The van der Waals surface area contributed by atoms with Gasteiger partial charge in [0.25, 0.3) is 5.91 Å². The first-order chi connectivity index (χ1) is 9.36. The minimum Gasteiger partial charge on any atom is -0.265 e. The SMILES string of the molecule is O=C1N=NC=C1C(c1ccccc1)c1ccccc1. The van der Waals surface area contributed by atoms with Gasteiger partial charge in [-0.15, -0.1) is 5.11 Å². The monoisotopic (exact) mass is 248 g/mol. The van der Waals surface area contributed by atoms with Gasteiger partial charge in [-0.2, -0.15) is 5.11 Å². The van der Waals surface area contributed by atoms with E-state index in [1.54, 1.807) is 6.20 Å². The van der Waals surface area contributed by atoms with Gasteiger partial charge < -0.3 is 0 Å². The van der Waals surface area contributed by atoms with Crippen molar-refractivity contribution in [2.45, 2.75) is 5.92 Å². The maximum Gasteiger partial charge on any atom is 0.293 e. The Morgan fingerprint density at radius 3 is 1.74 bits per heavy atom. The standard InChI is InChI=1S/C16H12N2O/c19-16-14(11-17-18-16)15(12-7-3-1-4-8-12)13-9-5-2-6-10-13/h1-11,15H. The molecule has 1 heterocycles. The number of rotatable bonds is 3. The molecule has 0 unspecified atom stereocenters. The quantitative estimate of drug-likeness (QED) is 0.816. The zero-order chi connectivity index (χ0) is 13.1. The number of carbonyl (C=O) groups is 1. The largest absolute Gasteiger partial charge is 0.293 e. The van der Waals surface area contributed by atoms with Crippen LogP contribution in [-0.4, -0.2) is 5.91 Å². The lowest BCUT2D eigenvalue weighted by molar-refractivity contribution is -0.114. The molecule has 0 saturated heterocycles. The molecule has 0 N–H and O–H groups in total. The summed E-state index contributed by atoms with van der Waals surface area (Å²) < 4.78 is 0. The highest BCUT2D eigenvalue weighted by Gasteiger charge is 2.26. The van der Waals surface area contributed by atoms with Gasteiger partial charge in [0.1, 0.15) is 0 Å². The second-order valence-electron chi connectivity index (χ2n) is 4.36. The zero-order valence-corrected chi connectivity index (χ0v) is 10.2. The molecular weight excluding hydrogens is 236 g/mol. The Labute approximate surface area is 111 Å². The Kier molecular flexibility index (Phi) is 3.02. The normalized spacial score (nSPS) is 13.9. The van der Waals surface area contributed by atoms with Crippen LogP contribution >= 0.6 is 0 Å². The van der Waals surface area contributed by atoms with Crippen molar-refractivity contribution in [1.29, 1.82) is 0 Å². The molecule has 0 aromatic heterocycles. The van der Waals surface area contributed by atoms with Crippen LogP contribution in [0.2, 0.25) is 0 Å². The fourth-order valence-corrected chi connectivity index (χ4v) is 2.30. The third kappa shape index (κ3) is 2.22. The van der Waals surface area contributed by atoms with E-state index in [2.05, 4.69) is 10.2 Å². The molecule has 2 aromatic carbocycles. The van der Waals surface area contributed by atoms with E-state index in [1.807, 2.05) is 60.7 Å². The predicted molar refractivity (Wildman–Crippen MR) is 72.7 cm³/mol. The first-order valence-corrected chi connectivity index (χ1v) is 6.11. The smallest absolute Gasteiger partial charge is 0.265 e. The lowest BCUT2D eigenvalue weighted by Crippen LogP contribution is -2.09. The van der Waals surface area contributed by atoms with E-state index in [4.69, 9.17) is 0 Å². The molecule has 19 heavy (non-hydrogen) atoms. The van der Waals surface area contributed by atoms with Crippen LogP contribution in [0, 0.1) is 0 Å². The summed E-state index contributed by atoms with van der Waals surface area (Å²) in [7, 11) is 0. The molecule has 0 aliphatic carbocycles. The molecule has 1 amide bonds. The molecule has 3 rings (SSSR count). The predicted octanol–water partition coefficient (Wildman–Crippen LogP) is 3.69. The summed E-state index contributed by atoms with van der Waals surface area (Å²) in [5, 5.41) is 7.31. The molecule has 0 radical (unpaired) electrons. The van der Waals surface area contributed by atoms with Gasteiger partial charge in [0, 0.05) is 5.92 Å². The lowest BCUT2D eigenvalue weighted by atomic mass is 9.85. The minimum atomic E-state index is -0.252. The Bertz CT molecular complexity index is 605. The number of hydrogen-bond acceptors (Lipinski definition) is 2. The van der Waals surface area contributed by atoms with Gasteiger partial charge in [0.05, 0.1) is 11.8 Å². The summed E-state index contributed by atoms with van der Waals surface area (Å²) in [6.07, 6.45) is 1.56. The third-order valence-corrected chi connectivity index (χ3v) is 3.17. The van der Waals surface area contributed by atoms with Crippen molar-refractivity contribution >= 4 is 5.91 Å². The average molecular weight is 248 g/mol. The number of azo groups is 1. The molecular formula is C16H12N2O. The van der Waals surface area contributed by atoms with E-state index in [0.717, 1.165) is 11.1 Å². The molecule has 0 bridgehead atoms. The van der Waals surface area contributed by atoms with E-state index < -0.39 is 0 Å². The molecule has 0 spiro atoms. The van der Waals surface area contributed by atoms with Crippen LogP contribution in [0.1, 0.15) is 17.0 Å². The van der Waals surface area contributed by atoms with Crippen molar-refractivity contribution in [2.75, 3.05) is 0 Å². The van der Waals surface area contributed by atoms with Crippen LogP contribution in [0.5, 0.6) is 0 Å². The lowest BCUT2D eigenvalue weighted by Gasteiger charge is -2.17. The van der Waals surface area contributed by atoms with Gasteiger partial charge in [-0.05, 0) is 11.1 Å². The van der Waals surface area contributed by atoms with E-state index in [-0.39, 0.29) is 11.8 Å². The van der Waals surface area contributed by atoms with Gasteiger partial charge in [0.2, 0.25) is 0 Å². The number of nitrogens with zero attached hydrogens (tertiary/aromatic N) is 2. The Hall–Kier alpha value is -2.55. The van der Waals surface area contributed by atoms with Crippen molar-refractivity contribution in [3.05, 3.63) is 83.6 Å². The minimum absolute atomic E-state index is 0.107. The molecule has 1 aliphatic rings. The Morgan fingerprint density at radius 2 is 1.32 bits per heavy atom. The number of hydrogen-bond donors (Lipinski definition) is 0. The molecule has 0 saturated carbocycles. The first kappa shape index (κ1) is 11.5. The van der Waals surface area contributed by atoms with Gasteiger partial charge in [-0.25, -0.2) is 0 Å². The second-order valence-corrected chi connectivity index (χ2v) is 4.36. The fourth-order valence-electron chi connectivity index (χ4n) is 2.30. The van der Waals surface area contributed by atoms with Gasteiger partial charge in [-0.3, -0.25) is 4.79 Å². The fraction of sp³-hybridized carbons (Fsp3) is 0.0625. The van der Waals surface area contributed by atoms with E-state index in [1.165, 1.54) is 0 Å². The summed E-state index contributed by atoms with van der Waals surface area (Å²) in [5.41, 5.74) is 2.76. The highest BCUT2D eigenvalue weighted by Crippen LogP contribution is 2.34. The molecule has 3 heteroatoms. The van der Waals surface area contributed by atoms with Gasteiger partial charge >= 0.3 is 0 Å². The molecule has 0 fully saturated rings. The molecule has 92 valence electrons. The van der Waals surface area contributed by atoms with Crippen molar-refractivity contribution in [1.82, 2.24) is 0 Å². The maximum atomic E-state index is 11.8. The van der Waals surface area contributed by atoms with Crippen LogP contribution in [0.15, 0.2) is 82.7 Å². The van der Waals surface area contributed by atoms with E-state index >= 15 is 0 Å². The number of carbonyl (C=O) groups excluding carboxylic acids is 1. The number of benzene rings is 2. The van der Waals surface area contributed by atoms with Crippen LogP contribution < -0.4 is 0 Å². The van der Waals surface area contributed by atoms with E-state index in [0.29, 0.717) is 5.57 Å². The van der Waals surface area contributed by atoms with Crippen LogP contribution in [0.4, 0.5) is 0 Å². The van der Waals surface area contributed by atoms with Gasteiger partial charge in [0.15, 0.2) is 0 Å². The van der Waals surface area contributed by atoms with E-state index in [9.17, 15) is 4.79 Å². The zero-order valence-electron chi connectivity index (χ0n) is 10.2. The van der Waals surface area contributed by atoms with Crippen molar-refractivity contribution in [3.8, 4) is 0 Å². The van der Waals surface area contributed by atoms with Crippen LogP contribution in [0.3, 0.4) is 0 Å². The first-order valence-electron chi connectivity index (χ1n) is 6.11. The highest BCUT2D eigenvalue weighted by atomic mass is 16.2. The summed E-state index contributed by atoms with van der Waals surface area (Å²) in [6, 6.07) is 19.9. The molecule has 2 aromatic rings. The van der Waals surface area contributed by atoms with Gasteiger partial charge in [-0.1, -0.05) is 60.7 Å². The number of amides is 1. The molecule has 3 nitrogen and oxygen atoms in total. The van der Waals surface area contributed by atoms with Crippen molar-refractivity contribution < 1.29 is 4.79 Å². The third-order valence-electron chi connectivity index (χ3n) is 3.17. The molecule has 1 aliphatic heterocycles. The van der Waals surface area contributed by atoms with Crippen LogP contribution in [0.25, 0.3) is 0 Å².